The van der Waals surface area contributed by atoms with E-state index in [0.717, 1.165) is 23.1 Å². The molecule has 2 N–H and O–H groups in total. The van der Waals surface area contributed by atoms with Gasteiger partial charge in [-0.3, -0.25) is 0 Å². The van der Waals surface area contributed by atoms with Crippen molar-refractivity contribution in [1.82, 2.24) is 0 Å². The minimum atomic E-state index is 0.329. The number of rotatable bonds is 1. The Morgan fingerprint density at radius 1 is 1.06 bits per heavy atom. The molecule has 0 atom stereocenters. The highest BCUT2D eigenvalue weighted by atomic mass is 16.3. The molecule has 0 fully saturated rings. The van der Waals surface area contributed by atoms with Crippen LogP contribution >= 0.6 is 0 Å². The molecule has 84 valence electrons. The van der Waals surface area contributed by atoms with Gasteiger partial charge in [0.05, 0.1) is 5.76 Å². The predicted octanol–water partition coefficient (Wildman–Crippen LogP) is 3.71. The van der Waals surface area contributed by atoms with Crippen LogP contribution in [0.15, 0.2) is 35.6 Å². The van der Waals surface area contributed by atoms with Crippen molar-refractivity contribution < 1.29 is 10.2 Å². The molecule has 1 aromatic rings. The zero-order chi connectivity index (χ0) is 11.7. The number of phenolic OH excluding ortho intramolecular Hbond substituents is 1. The third-order valence-corrected chi connectivity index (χ3v) is 3.04. The van der Waals surface area contributed by atoms with Crippen LogP contribution in [0.2, 0.25) is 0 Å². The maximum atomic E-state index is 9.54. The Morgan fingerprint density at radius 3 is 2.44 bits per heavy atom. The average molecular weight is 216 g/mol. The van der Waals surface area contributed by atoms with Crippen LogP contribution < -0.4 is 0 Å². The molecular weight excluding hydrogens is 200 g/mol. The Bertz CT molecular complexity index is 482. The van der Waals surface area contributed by atoms with Crippen LogP contribution in [0, 0.1) is 6.92 Å². The number of aliphatic hydroxyl groups is 1. The van der Waals surface area contributed by atoms with Gasteiger partial charge in [0.15, 0.2) is 0 Å². The van der Waals surface area contributed by atoms with Gasteiger partial charge < -0.3 is 10.2 Å². The molecule has 0 heterocycles. The molecule has 16 heavy (non-hydrogen) atoms. The Morgan fingerprint density at radius 2 is 1.81 bits per heavy atom. The van der Waals surface area contributed by atoms with E-state index in [9.17, 15) is 10.2 Å². The summed E-state index contributed by atoms with van der Waals surface area (Å²) in [6.45, 7) is 3.81. The largest absolute Gasteiger partial charge is 0.512 e. The molecule has 0 aromatic heterocycles. The van der Waals surface area contributed by atoms with Gasteiger partial charge in [-0.1, -0.05) is 12.1 Å². The Kier molecular flexibility index (Phi) is 2.73. The molecule has 0 spiro atoms. The quantitative estimate of drug-likeness (QED) is 0.751. The molecule has 0 saturated heterocycles. The number of hydrogen-bond acceptors (Lipinski definition) is 2. The lowest BCUT2D eigenvalue weighted by atomic mass is 9.92. The van der Waals surface area contributed by atoms with E-state index in [2.05, 4.69) is 0 Å². The number of hydrogen-bond donors (Lipinski definition) is 2. The molecular formula is C14H16O2. The summed E-state index contributed by atoms with van der Waals surface area (Å²) >= 11 is 0. The zero-order valence-electron chi connectivity index (χ0n) is 9.62. The highest BCUT2D eigenvalue weighted by molar-refractivity contribution is 5.70. The van der Waals surface area contributed by atoms with Gasteiger partial charge in [-0.05, 0) is 54.7 Å². The molecule has 1 aromatic carbocycles. The van der Waals surface area contributed by atoms with Gasteiger partial charge in [-0.15, -0.1) is 0 Å². The van der Waals surface area contributed by atoms with Crippen molar-refractivity contribution in [3.05, 3.63) is 46.7 Å². The minimum absolute atomic E-state index is 0.329. The van der Waals surface area contributed by atoms with Gasteiger partial charge in [0.2, 0.25) is 0 Å². The van der Waals surface area contributed by atoms with E-state index in [1.165, 1.54) is 5.57 Å². The SMILES string of the molecule is CC1=C(O)CCC(c2ccc(O)c(C)c2)=C1. The summed E-state index contributed by atoms with van der Waals surface area (Å²) in [6, 6.07) is 5.62. The topological polar surface area (TPSA) is 40.5 Å². The number of aryl methyl sites for hydroxylation is 1. The highest BCUT2D eigenvalue weighted by Gasteiger charge is 2.11. The Hall–Kier alpha value is -1.70. The summed E-state index contributed by atoms with van der Waals surface area (Å²) < 4.78 is 0. The molecule has 1 aliphatic rings. The van der Waals surface area contributed by atoms with Crippen molar-refractivity contribution in [3.8, 4) is 5.75 Å². The molecule has 2 heteroatoms. The number of benzene rings is 1. The van der Waals surface area contributed by atoms with Crippen molar-refractivity contribution in [3.63, 3.8) is 0 Å². The third kappa shape index (κ3) is 1.96. The maximum absolute atomic E-state index is 9.54. The van der Waals surface area contributed by atoms with Gasteiger partial charge >= 0.3 is 0 Å². The van der Waals surface area contributed by atoms with E-state index in [4.69, 9.17) is 0 Å². The first-order valence-electron chi connectivity index (χ1n) is 5.47. The van der Waals surface area contributed by atoms with Crippen LogP contribution in [0.25, 0.3) is 5.57 Å². The van der Waals surface area contributed by atoms with E-state index in [0.29, 0.717) is 17.9 Å². The average Bonchev–Trinajstić information content (AvgIpc) is 2.26. The van der Waals surface area contributed by atoms with Crippen molar-refractivity contribution in [1.29, 1.82) is 0 Å². The summed E-state index contributed by atoms with van der Waals surface area (Å²) in [7, 11) is 0. The van der Waals surface area contributed by atoms with E-state index >= 15 is 0 Å². The first kappa shape index (κ1) is 10.8. The first-order valence-corrected chi connectivity index (χ1v) is 5.47. The predicted molar refractivity (Wildman–Crippen MR) is 65.4 cm³/mol. The summed E-state index contributed by atoms with van der Waals surface area (Å²) in [5.74, 6) is 0.814. The number of aliphatic hydroxyl groups excluding tert-OH is 1. The molecule has 0 radical (unpaired) electrons. The van der Waals surface area contributed by atoms with Gasteiger partial charge in [0.1, 0.15) is 5.75 Å². The fourth-order valence-corrected chi connectivity index (χ4v) is 1.95. The van der Waals surface area contributed by atoms with Crippen LogP contribution in [0.5, 0.6) is 5.75 Å². The minimum Gasteiger partial charge on any atom is -0.512 e. The van der Waals surface area contributed by atoms with Crippen LogP contribution in [-0.4, -0.2) is 10.2 Å². The first-order chi connectivity index (χ1) is 7.58. The van der Waals surface area contributed by atoms with Crippen molar-refractivity contribution in [2.24, 2.45) is 0 Å². The van der Waals surface area contributed by atoms with Gasteiger partial charge in [-0.25, -0.2) is 0 Å². The molecule has 0 saturated carbocycles. The normalized spacial score (nSPS) is 16.2. The molecule has 0 amide bonds. The van der Waals surface area contributed by atoms with E-state index in [-0.39, 0.29) is 0 Å². The molecule has 2 rings (SSSR count). The summed E-state index contributed by atoms with van der Waals surface area (Å²) in [6.07, 6.45) is 3.58. The van der Waals surface area contributed by atoms with Crippen LogP contribution in [0.3, 0.4) is 0 Å². The second kappa shape index (κ2) is 4.05. The smallest absolute Gasteiger partial charge is 0.118 e. The highest BCUT2D eigenvalue weighted by Crippen LogP contribution is 2.31. The lowest BCUT2D eigenvalue weighted by Crippen LogP contribution is -1.97. The van der Waals surface area contributed by atoms with Crippen molar-refractivity contribution in [2.45, 2.75) is 26.7 Å². The summed E-state index contributed by atoms with van der Waals surface area (Å²) in [4.78, 5) is 0. The second-order valence-corrected chi connectivity index (χ2v) is 4.30. The van der Waals surface area contributed by atoms with Gasteiger partial charge in [0, 0.05) is 6.42 Å². The van der Waals surface area contributed by atoms with Gasteiger partial charge in [0.25, 0.3) is 0 Å². The monoisotopic (exact) mass is 216 g/mol. The van der Waals surface area contributed by atoms with Gasteiger partial charge in [-0.2, -0.15) is 0 Å². The number of allylic oxidation sites excluding steroid dienone is 4. The molecule has 0 bridgehead atoms. The van der Waals surface area contributed by atoms with Crippen LogP contribution in [-0.2, 0) is 0 Å². The molecule has 2 nitrogen and oxygen atoms in total. The lowest BCUT2D eigenvalue weighted by molar-refractivity contribution is 0.383. The lowest BCUT2D eigenvalue weighted by Gasteiger charge is -2.15. The molecule has 0 unspecified atom stereocenters. The summed E-state index contributed by atoms with van der Waals surface area (Å²) in [5.41, 5.74) is 4.17. The van der Waals surface area contributed by atoms with Crippen LogP contribution in [0.1, 0.15) is 30.9 Å². The standard InChI is InChI=1S/C14H16O2/c1-9-7-11(3-5-13(9)15)12-4-6-14(16)10(2)8-12/h3,5,7-8,15-16H,4,6H2,1-2H3. The summed E-state index contributed by atoms with van der Waals surface area (Å²) in [5, 5.41) is 19.0. The number of aromatic hydroxyl groups is 1. The fraction of sp³-hybridized carbons (Fsp3) is 0.286. The fourth-order valence-electron chi connectivity index (χ4n) is 1.95. The van der Waals surface area contributed by atoms with E-state index < -0.39 is 0 Å². The van der Waals surface area contributed by atoms with E-state index in [1.54, 1.807) is 6.07 Å². The molecule has 1 aliphatic carbocycles. The zero-order valence-corrected chi connectivity index (χ0v) is 9.62. The molecule has 0 aliphatic heterocycles. The van der Waals surface area contributed by atoms with E-state index in [1.807, 2.05) is 32.1 Å². The Labute approximate surface area is 95.6 Å². The van der Waals surface area contributed by atoms with Crippen molar-refractivity contribution >= 4 is 5.57 Å². The van der Waals surface area contributed by atoms with Crippen LogP contribution in [0.4, 0.5) is 0 Å². The second-order valence-electron chi connectivity index (χ2n) is 4.30. The van der Waals surface area contributed by atoms with Crippen molar-refractivity contribution in [2.75, 3.05) is 0 Å². The third-order valence-electron chi connectivity index (χ3n) is 3.04. The maximum Gasteiger partial charge on any atom is 0.118 e. The number of phenols is 1. The Balaban J connectivity index is 2.39.